The smallest absolute Gasteiger partial charge is 0.246 e. The van der Waals surface area contributed by atoms with Gasteiger partial charge in [-0.15, -0.1) is 0 Å². The Morgan fingerprint density at radius 1 is 1.10 bits per heavy atom. The van der Waals surface area contributed by atoms with Crippen molar-refractivity contribution < 1.29 is 4.79 Å². The number of amides is 1. The van der Waals surface area contributed by atoms with Crippen molar-refractivity contribution in [3.05, 3.63) is 60.2 Å². The number of piperazine rings is 1. The van der Waals surface area contributed by atoms with Gasteiger partial charge >= 0.3 is 0 Å². The van der Waals surface area contributed by atoms with Crippen molar-refractivity contribution in [2.45, 2.75) is 13.5 Å². The van der Waals surface area contributed by atoms with Gasteiger partial charge in [-0.05, 0) is 12.5 Å². The van der Waals surface area contributed by atoms with E-state index in [4.69, 9.17) is 0 Å². The van der Waals surface area contributed by atoms with Crippen LogP contribution >= 0.6 is 0 Å². The van der Waals surface area contributed by atoms with Crippen molar-refractivity contribution in [3.63, 3.8) is 0 Å². The summed E-state index contributed by atoms with van der Waals surface area (Å²) in [6.07, 6.45) is 7.25. The highest BCUT2D eigenvalue weighted by molar-refractivity contribution is 5.87. The van der Waals surface area contributed by atoms with Gasteiger partial charge in [-0.3, -0.25) is 9.69 Å². The molecule has 1 heterocycles. The SMILES string of the molecule is C/C=C/C=C/C(=O)N1CCN(Cc2ccccc2)CC1. The second-order valence-electron chi connectivity index (χ2n) is 4.97. The fourth-order valence-corrected chi connectivity index (χ4v) is 2.32. The van der Waals surface area contributed by atoms with Gasteiger partial charge in [-0.2, -0.15) is 0 Å². The van der Waals surface area contributed by atoms with Gasteiger partial charge in [0.2, 0.25) is 5.91 Å². The van der Waals surface area contributed by atoms with E-state index in [1.165, 1.54) is 5.56 Å². The summed E-state index contributed by atoms with van der Waals surface area (Å²) in [4.78, 5) is 16.2. The Labute approximate surface area is 121 Å². The van der Waals surface area contributed by atoms with E-state index >= 15 is 0 Å². The van der Waals surface area contributed by atoms with Crippen LogP contribution in [0.15, 0.2) is 54.6 Å². The quantitative estimate of drug-likeness (QED) is 0.620. The summed E-state index contributed by atoms with van der Waals surface area (Å²) in [5, 5.41) is 0. The Kier molecular flexibility index (Phi) is 5.56. The highest BCUT2D eigenvalue weighted by Crippen LogP contribution is 2.08. The zero-order chi connectivity index (χ0) is 14.2. The second kappa shape index (κ2) is 7.65. The largest absolute Gasteiger partial charge is 0.337 e. The molecule has 1 aromatic rings. The average molecular weight is 270 g/mol. The van der Waals surface area contributed by atoms with E-state index in [0.717, 1.165) is 32.7 Å². The van der Waals surface area contributed by atoms with Gasteiger partial charge in [0.15, 0.2) is 0 Å². The lowest BCUT2D eigenvalue weighted by Gasteiger charge is -2.34. The first kappa shape index (κ1) is 14.5. The predicted molar refractivity (Wildman–Crippen MR) is 82.3 cm³/mol. The molecule has 0 saturated carbocycles. The van der Waals surface area contributed by atoms with Crippen LogP contribution < -0.4 is 0 Å². The fraction of sp³-hybridized carbons (Fsp3) is 0.353. The summed E-state index contributed by atoms with van der Waals surface area (Å²) in [6, 6.07) is 10.5. The minimum atomic E-state index is 0.113. The lowest BCUT2D eigenvalue weighted by molar-refractivity contribution is -0.127. The van der Waals surface area contributed by atoms with Crippen LogP contribution in [-0.2, 0) is 11.3 Å². The molecule has 1 aromatic carbocycles. The predicted octanol–water partition coefficient (Wildman–Crippen LogP) is 2.46. The third kappa shape index (κ3) is 4.35. The van der Waals surface area contributed by atoms with E-state index in [0.29, 0.717) is 0 Å². The molecule has 1 aliphatic heterocycles. The lowest BCUT2D eigenvalue weighted by atomic mass is 10.2. The Hall–Kier alpha value is -1.87. The molecule has 1 aliphatic rings. The van der Waals surface area contributed by atoms with Crippen LogP contribution in [0.4, 0.5) is 0 Å². The number of carbonyl (C=O) groups is 1. The summed E-state index contributed by atoms with van der Waals surface area (Å²) < 4.78 is 0. The van der Waals surface area contributed by atoms with Crippen LogP contribution in [0.2, 0.25) is 0 Å². The first-order valence-electron chi connectivity index (χ1n) is 7.14. The van der Waals surface area contributed by atoms with Gasteiger partial charge < -0.3 is 4.90 Å². The number of hydrogen-bond acceptors (Lipinski definition) is 2. The molecule has 0 unspecified atom stereocenters. The maximum atomic E-state index is 11.9. The Morgan fingerprint density at radius 2 is 1.80 bits per heavy atom. The molecular formula is C17H22N2O. The van der Waals surface area contributed by atoms with Crippen LogP contribution in [0.5, 0.6) is 0 Å². The van der Waals surface area contributed by atoms with Crippen molar-refractivity contribution in [2.24, 2.45) is 0 Å². The van der Waals surface area contributed by atoms with Gasteiger partial charge in [-0.1, -0.05) is 48.6 Å². The van der Waals surface area contributed by atoms with Crippen molar-refractivity contribution in [1.29, 1.82) is 0 Å². The summed E-state index contributed by atoms with van der Waals surface area (Å²) in [7, 11) is 0. The van der Waals surface area contributed by atoms with Crippen molar-refractivity contribution in [2.75, 3.05) is 26.2 Å². The van der Waals surface area contributed by atoms with Gasteiger partial charge in [0.25, 0.3) is 0 Å². The van der Waals surface area contributed by atoms with E-state index in [1.807, 2.05) is 30.0 Å². The topological polar surface area (TPSA) is 23.6 Å². The maximum Gasteiger partial charge on any atom is 0.246 e. The minimum Gasteiger partial charge on any atom is -0.337 e. The number of carbonyl (C=O) groups excluding carboxylic acids is 1. The zero-order valence-electron chi connectivity index (χ0n) is 12.0. The van der Waals surface area contributed by atoms with E-state index < -0.39 is 0 Å². The fourth-order valence-electron chi connectivity index (χ4n) is 2.32. The van der Waals surface area contributed by atoms with Crippen LogP contribution in [-0.4, -0.2) is 41.9 Å². The van der Waals surface area contributed by atoms with E-state index in [-0.39, 0.29) is 5.91 Å². The number of benzene rings is 1. The first-order valence-corrected chi connectivity index (χ1v) is 7.14. The number of hydrogen-bond donors (Lipinski definition) is 0. The van der Waals surface area contributed by atoms with Gasteiger partial charge in [0, 0.05) is 38.8 Å². The molecule has 0 aromatic heterocycles. The summed E-state index contributed by atoms with van der Waals surface area (Å²) in [6.45, 7) is 6.42. The molecule has 0 bridgehead atoms. The molecule has 1 amide bonds. The monoisotopic (exact) mass is 270 g/mol. The number of allylic oxidation sites excluding steroid dienone is 3. The standard InChI is InChI=1S/C17H22N2O/c1-2-3-5-10-17(20)19-13-11-18(12-14-19)15-16-8-6-4-7-9-16/h2-10H,11-15H2,1H3/b3-2+,10-5+. The highest BCUT2D eigenvalue weighted by atomic mass is 16.2. The molecule has 2 rings (SSSR count). The number of nitrogens with zero attached hydrogens (tertiary/aromatic N) is 2. The van der Waals surface area contributed by atoms with Gasteiger partial charge in [0.1, 0.15) is 0 Å². The van der Waals surface area contributed by atoms with Crippen molar-refractivity contribution >= 4 is 5.91 Å². The summed E-state index contributed by atoms with van der Waals surface area (Å²) in [5.41, 5.74) is 1.33. The Bertz CT molecular complexity index is 471. The molecule has 0 radical (unpaired) electrons. The lowest BCUT2D eigenvalue weighted by Crippen LogP contribution is -2.47. The molecular weight excluding hydrogens is 248 g/mol. The second-order valence-corrected chi connectivity index (χ2v) is 4.97. The molecule has 3 nitrogen and oxygen atoms in total. The third-order valence-electron chi connectivity index (χ3n) is 3.48. The maximum absolute atomic E-state index is 11.9. The normalized spacial score (nSPS) is 17.1. The minimum absolute atomic E-state index is 0.113. The molecule has 20 heavy (non-hydrogen) atoms. The Balaban J connectivity index is 1.79. The Morgan fingerprint density at radius 3 is 2.45 bits per heavy atom. The third-order valence-corrected chi connectivity index (χ3v) is 3.48. The van der Waals surface area contributed by atoms with Gasteiger partial charge in [0.05, 0.1) is 0 Å². The van der Waals surface area contributed by atoms with E-state index in [9.17, 15) is 4.79 Å². The van der Waals surface area contributed by atoms with E-state index in [1.54, 1.807) is 12.2 Å². The molecule has 3 heteroatoms. The molecule has 106 valence electrons. The molecule has 0 atom stereocenters. The molecule has 1 fully saturated rings. The summed E-state index contributed by atoms with van der Waals surface area (Å²) in [5.74, 6) is 0.113. The molecule has 1 saturated heterocycles. The zero-order valence-corrected chi connectivity index (χ0v) is 12.0. The number of rotatable bonds is 4. The molecule has 0 N–H and O–H groups in total. The van der Waals surface area contributed by atoms with Crippen LogP contribution in [0.1, 0.15) is 12.5 Å². The van der Waals surface area contributed by atoms with Crippen molar-refractivity contribution in [3.8, 4) is 0 Å². The average Bonchev–Trinajstić information content (AvgIpc) is 2.49. The molecule has 0 aliphatic carbocycles. The van der Waals surface area contributed by atoms with Crippen LogP contribution in [0, 0.1) is 0 Å². The summed E-state index contributed by atoms with van der Waals surface area (Å²) >= 11 is 0. The van der Waals surface area contributed by atoms with E-state index in [2.05, 4.69) is 29.2 Å². The molecule has 0 spiro atoms. The first-order chi connectivity index (χ1) is 9.79. The van der Waals surface area contributed by atoms with Crippen LogP contribution in [0.3, 0.4) is 0 Å². The highest BCUT2D eigenvalue weighted by Gasteiger charge is 2.19. The van der Waals surface area contributed by atoms with Crippen molar-refractivity contribution in [1.82, 2.24) is 9.80 Å². The van der Waals surface area contributed by atoms with Gasteiger partial charge in [-0.25, -0.2) is 0 Å². The van der Waals surface area contributed by atoms with Crippen LogP contribution in [0.25, 0.3) is 0 Å².